The highest BCUT2D eigenvalue weighted by Gasteiger charge is 2.68. The van der Waals surface area contributed by atoms with Crippen molar-refractivity contribution >= 4 is 0 Å². The first-order valence-electron chi connectivity index (χ1n) is 7.45. The van der Waals surface area contributed by atoms with Crippen molar-refractivity contribution in [1.29, 1.82) is 0 Å². The van der Waals surface area contributed by atoms with Crippen molar-refractivity contribution in [2.24, 2.45) is 5.41 Å². The maximum atomic E-state index is 10.5. The summed E-state index contributed by atoms with van der Waals surface area (Å²) in [5.41, 5.74) is -0.330. The van der Waals surface area contributed by atoms with E-state index in [1.807, 2.05) is 6.92 Å². The van der Waals surface area contributed by atoms with Crippen LogP contribution in [0.25, 0.3) is 0 Å². The molecule has 4 nitrogen and oxygen atoms in total. The van der Waals surface area contributed by atoms with Crippen molar-refractivity contribution < 1.29 is 19.3 Å². The van der Waals surface area contributed by atoms with Gasteiger partial charge in [0.1, 0.15) is 17.8 Å². The molecule has 1 saturated carbocycles. The minimum atomic E-state index is -0.495. The Balaban J connectivity index is 1.59. The number of aliphatic hydroxyl groups is 1. The zero-order valence-electron chi connectivity index (χ0n) is 12.2. The van der Waals surface area contributed by atoms with Gasteiger partial charge < -0.3 is 19.3 Å². The van der Waals surface area contributed by atoms with Gasteiger partial charge in [-0.1, -0.05) is 13.8 Å². The number of rotatable bonds is 0. The van der Waals surface area contributed by atoms with Gasteiger partial charge in [0.05, 0.1) is 23.9 Å². The lowest BCUT2D eigenvalue weighted by atomic mass is 9.79. The molecular formula is C15H24O4. The van der Waals surface area contributed by atoms with Crippen molar-refractivity contribution in [1.82, 2.24) is 0 Å². The molecule has 7 atom stereocenters. The van der Waals surface area contributed by atoms with Gasteiger partial charge in [0.25, 0.3) is 0 Å². The summed E-state index contributed by atoms with van der Waals surface area (Å²) >= 11 is 0. The topological polar surface area (TPSA) is 57.8 Å². The molecule has 108 valence electrons. The largest absolute Gasteiger partial charge is 0.387 e. The minimum absolute atomic E-state index is 0.0177. The molecule has 3 heterocycles. The molecule has 0 aromatic carbocycles. The molecule has 0 radical (unpaired) electrons. The van der Waals surface area contributed by atoms with E-state index in [2.05, 4.69) is 20.8 Å². The Morgan fingerprint density at radius 2 is 1.79 bits per heavy atom. The standard InChI is InChI=1S/C15H24O4/c1-13(2)7-9-14(3,18-9)6-5-8-15(4,19-8)11(16)10-12(13)17-10/h8-12,16H,5-7H2,1-4H3/t8-,9-,10-,11?,12+,14-,15+/m1/s1. The van der Waals surface area contributed by atoms with Crippen LogP contribution in [0, 0.1) is 5.41 Å². The summed E-state index contributed by atoms with van der Waals surface area (Å²) in [4.78, 5) is 0. The summed E-state index contributed by atoms with van der Waals surface area (Å²) < 4.78 is 17.5. The first kappa shape index (κ1) is 12.6. The van der Waals surface area contributed by atoms with Gasteiger partial charge in [-0.15, -0.1) is 0 Å². The zero-order valence-corrected chi connectivity index (χ0v) is 12.2. The highest BCUT2D eigenvalue weighted by Crippen LogP contribution is 2.56. The summed E-state index contributed by atoms with van der Waals surface area (Å²) in [6, 6.07) is 0. The first-order chi connectivity index (χ1) is 8.76. The van der Waals surface area contributed by atoms with Crippen molar-refractivity contribution in [2.75, 3.05) is 0 Å². The number of hydrogen-bond donors (Lipinski definition) is 1. The van der Waals surface area contributed by atoms with Gasteiger partial charge in [-0.05, 0) is 38.5 Å². The van der Waals surface area contributed by atoms with Crippen LogP contribution < -0.4 is 0 Å². The maximum absolute atomic E-state index is 10.5. The van der Waals surface area contributed by atoms with E-state index in [0.717, 1.165) is 19.3 Å². The summed E-state index contributed by atoms with van der Waals surface area (Å²) in [6.07, 6.45) is 3.09. The van der Waals surface area contributed by atoms with Crippen LogP contribution in [0.2, 0.25) is 0 Å². The molecule has 3 aliphatic heterocycles. The quantitative estimate of drug-likeness (QED) is 0.679. The summed E-state index contributed by atoms with van der Waals surface area (Å²) in [5.74, 6) is 0. The lowest BCUT2D eigenvalue weighted by Gasteiger charge is -2.23. The minimum Gasteiger partial charge on any atom is -0.387 e. The van der Waals surface area contributed by atoms with Gasteiger partial charge in [0.15, 0.2) is 0 Å². The molecule has 0 aromatic heterocycles. The molecule has 1 unspecified atom stereocenters. The fourth-order valence-electron chi connectivity index (χ4n) is 3.98. The Morgan fingerprint density at radius 1 is 1.05 bits per heavy atom. The van der Waals surface area contributed by atoms with Crippen LogP contribution in [-0.2, 0) is 14.2 Å². The molecule has 0 spiro atoms. The van der Waals surface area contributed by atoms with Crippen LogP contribution in [0.5, 0.6) is 0 Å². The van der Waals surface area contributed by atoms with Crippen molar-refractivity contribution in [3.8, 4) is 0 Å². The third kappa shape index (κ3) is 1.73. The number of aliphatic hydroxyl groups excluding tert-OH is 1. The van der Waals surface area contributed by atoms with Crippen LogP contribution in [-0.4, -0.2) is 46.8 Å². The van der Waals surface area contributed by atoms with E-state index in [1.54, 1.807) is 0 Å². The van der Waals surface area contributed by atoms with Gasteiger partial charge in [-0.2, -0.15) is 0 Å². The van der Waals surface area contributed by atoms with E-state index < -0.39 is 11.7 Å². The highest BCUT2D eigenvalue weighted by molar-refractivity contribution is 5.16. The molecule has 3 saturated heterocycles. The van der Waals surface area contributed by atoms with Crippen LogP contribution in [0.3, 0.4) is 0 Å². The lowest BCUT2D eigenvalue weighted by molar-refractivity contribution is 0.0593. The number of epoxide rings is 3. The van der Waals surface area contributed by atoms with E-state index >= 15 is 0 Å². The molecular weight excluding hydrogens is 244 g/mol. The predicted octanol–water partition coefficient (Wildman–Crippen LogP) is 1.64. The SMILES string of the molecule is CC1(C)C[C@H]2O[C@]2(C)CC[C@H]2O[C@]2(C)C(O)[C@H]2O[C@@H]21. The van der Waals surface area contributed by atoms with Gasteiger partial charge in [0, 0.05) is 0 Å². The van der Waals surface area contributed by atoms with E-state index in [1.165, 1.54) is 0 Å². The molecule has 4 aliphatic rings. The van der Waals surface area contributed by atoms with Crippen LogP contribution >= 0.6 is 0 Å². The van der Waals surface area contributed by atoms with Crippen LogP contribution in [0.1, 0.15) is 47.0 Å². The van der Waals surface area contributed by atoms with Gasteiger partial charge >= 0.3 is 0 Å². The van der Waals surface area contributed by atoms with Crippen molar-refractivity contribution in [3.63, 3.8) is 0 Å². The molecule has 4 heteroatoms. The molecule has 1 aliphatic carbocycles. The van der Waals surface area contributed by atoms with Crippen LogP contribution in [0.4, 0.5) is 0 Å². The molecule has 0 aromatic rings. The highest BCUT2D eigenvalue weighted by atomic mass is 16.6. The fourth-order valence-corrected chi connectivity index (χ4v) is 3.98. The van der Waals surface area contributed by atoms with Crippen molar-refractivity contribution in [3.05, 3.63) is 0 Å². The summed E-state index contributed by atoms with van der Waals surface area (Å²) in [5, 5.41) is 10.5. The monoisotopic (exact) mass is 268 g/mol. The van der Waals surface area contributed by atoms with Crippen molar-refractivity contribution in [2.45, 2.75) is 88.7 Å². The number of ether oxygens (including phenoxy) is 3. The normalized spacial score (nSPS) is 62.1. The first-order valence-corrected chi connectivity index (χ1v) is 7.45. The van der Waals surface area contributed by atoms with E-state index in [-0.39, 0.29) is 29.3 Å². The molecule has 0 amide bonds. The van der Waals surface area contributed by atoms with Crippen LogP contribution in [0.15, 0.2) is 0 Å². The third-order valence-corrected chi connectivity index (χ3v) is 5.82. The second-order valence-electron chi connectivity index (χ2n) is 7.91. The summed E-state index contributed by atoms with van der Waals surface area (Å²) in [7, 11) is 0. The number of hydrogen-bond acceptors (Lipinski definition) is 4. The van der Waals surface area contributed by atoms with E-state index in [9.17, 15) is 5.11 Å². The summed E-state index contributed by atoms with van der Waals surface area (Å²) in [6.45, 7) is 8.66. The molecule has 0 bridgehead atoms. The predicted molar refractivity (Wildman–Crippen MR) is 68.9 cm³/mol. The Hall–Kier alpha value is -0.160. The Bertz CT molecular complexity index is 422. The average Bonchev–Trinajstić information content (AvgIpc) is 3.17. The zero-order chi connectivity index (χ0) is 13.6. The maximum Gasteiger partial charge on any atom is 0.120 e. The second-order valence-corrected chi connectivity index (χ2v) is 7.91. The van der Waals surface area contributed by atoms with E-state index in [4.69, 9.17) is 14.2 Å². The smallest absolute Gasteiger partial charge is 0.120 e. The molecule has 4 fully saturated rings. The lowest BCUT2D eigenvalue weighted by Crippen LogP contribution is -2.37. The Kier molecular flexibility index (Phi) is 2.22. The molecule has 4 rings (SSSR count). The van der Waals surface area contributed by atoms with E-state index in [0.29, 0.717) is 6.10 Å². The van der Waals surface area contributed by atoms with Gasteiger partial charge in [-0.25, -0.2) is 0 Å². The Labute approximate surface area is 114 Å². The van der Waals surface area contributed by atoms with Gasteiger partial charge in [-0.3, -0.25) is 0 Å². The third-order valence-electron chi connectivity index (χ3n) is 5.82. The Morgan fingerprint density at radius 3 is 2.53 bits per heavy atom. The average molecular weight is 268 g/mol. The second kappa shape index (κ2) is 3.35. The fraction of sp³-hybridized carbons (Fsp3) is 1.00. The molecule has 19 heavy (non-hydrogen) atoms. The molecule has 1 N–H and O–H groups in total. The van der Waals surface area contributed by atoms with Gasteiger partial charge in [0.2, 0.25) is 0 Å². The number of fused-ring (bicyclic) bond motifs is 3.